The van der Waals surface area contributed by atoms with Crippen LogP contribution in [0.5, 0.6) is 0 Å². The maximum atomic E-state index is 12.6. The normalized spacial score (nSPS) is 16.4. The lowest BCUT2D eigenvalue weighted by Gasteiger charge is -2.37. The van der Waals surface area contributed by atoms with E-state index in [1.165, 1.54) is 6.92 Å². The van der Waals surface area contributed by atoms with Gasteiger partial charge in [0.25, 0.3) is 0 Å². The summed E-state index contributed by atoms with van der Waals surface area (Å²) < 4.78 is 5.99. The molecule has 0 spiro atoms. The Morgan fingerprint density at radius 1 is 0.917 bits per heavy atom. The summed E-state index contributed by atoms with van der Waals surface area (Å²) in [6.45, 7) is 3.13. The van der Waals surface area contributed by atoms with Crippen LogP contribution >= 0.6 is 0 Å². The highest BCUT2D eigenvalue weighted by Gasteiger charge is 2.38. The summed E-state index contributed by atoms with van der Waals surface area (Å²) in [5, 5.41) is 3.31. The smallest absolute Gasteiger partial charge is 0.339 e. The number of carbonyl (C=O) groups is 2. The zero-order chi connectivity index (χ0) is 17.0. The standard InChI is InChI=1S/C20H21NO3/c1-15(22)16-7-9-17(10-8-16)19(23)24-20(11-13-21-14-12-20)18-5-3-2-4-6-18/h2-10,21H,11-14H2,1H3. The van der Waals surface area contributed by atoms with Gasteiger partial charge in [-0.05, 0) is 37.7 Å². The Labute approximate surface area is 141 Å². The van der Waals surface area contributed by atoms with Crippen molar-refractivity contribution in [1.82, 2.24) is 5.32 Å². The van der Waals surface area contributed by atoms with Crippen LogP contribution in [0.2, 0.25) is 0 Å². The van der Waals surface area contributed by atoms with Gasteiger partial charge in [-0.3, -0.25) is 4.79 Å². The monoisotopic (exact) mass is 323 g/mol. The van der Waals surface area contributed by atoms with Gasteiger partial charge in [0, 0.05) is 18.4 Å². The third-order valence-electron chi connectivity index (χ3n) is 4.53. The largest absolute Gasteiger partial charge is 0.450 e. The lowest BCUT2D eigenvalue weighted by Crippen LogP contribution is -2.43. The lowest BCUT2D eigenvalue weighted by atomic mass is 9.84. The number of ketones is 1. The number of hydrogen-bond donors (Lipinski definition) is 1. The first-order chi connectivity index (χ1) is 11.6. The van der Waals surface area contributed by atoms with Crippen LogP contribution in [0.15, 0.2) is 54.6 Å². The van der Waals surface area contributed by atoms with Crippen molar-refractivity contribution >= 4 is 11.8 Å². The van der Waals surface area contributed by atoms with Crippen LogP contribution in [0.25, 0.3) is 0 Å². The van der Waals surface area contributed by atoms with Crippen molar-refractivity contribution in [2.24, 2.45) is 0 Å². The molecule has 3 rings (SSSR count). The molecule has 1 aliphatic rings. The quantitative estimate of drug-likeness (QED) is 0.693. The second-order valence-corrected chi connectivity index (χ2v) is 6.13. The molecule has 0 atom stereocenters. The molecule has 4 nitrogen and oxygen atoms in total. The zero-order valence-electron chi connectivity index (χ0n) is 13.7. The molecule has 4 heteroatoms. The van der Waals surface area contributed by atoms with Crippen molar-refractivity contribution in [2.45, 2.75) is 25.4 Å². The summed E-state index contributed by atoms with van der Waals surface area (Å²) in [6.07, 6.45) is 1.49. The summed E-state index contributed by atoms with van der Waals surface area (Å²) in [7, 11) is 0. The number of piperidine rings is 1. The number of esters is 1. The number of rotatable bonds is 4. The van der Waals surface area contributed by atoms with Gasteiger partial charge in [-0.1, -0.05) is 42.5 Å². The molecule has 1 N–H and O–H groups in total. The molecule has 0 saturated carbocycles. The number of nitrogens with one attached hydrogen (secondary N) is 1. The number of benzene rings is 2. The van der Waals surface area contributed by atoms with Crippen LogP contribution in [0, 0.1) is 0 Å². The second kappa shape index (κ2) is 6.97. The second-order valence-electron chi connectivity index (χ2n) is 6.13. The van der Waals surface area contributed by atoms with Crippen LogP contribution in [0.4, 0.5) is 0 Å². The van der Waals surface area contributed by atoms with Crippen molar-refractivity contribution < 1.29 is 14.3 Å². The molecule has 0 bridgehead atoms. The molecule has 0 aliphatic carbocycles. The van der Waals surface area contributed by atoms with Crippen LogP contribution < -0.4 is 5.32 Å². The fraction of sp³-hybridized carbons (Fsp3) is 0.300. The average molecular weight is 323 g/mol. The average Bonchev–Trinajstić information content (AvgIpc) is 2.63. The third kappa shape index (κ3) is 3.39. The van der Waals surface area contributed by atoms with Gasteiger partial charge in [0.15, 0.2) is 5.78 Å². The van der Waals surface area contributed by atoms with Crippen LogP contribution in [-0.4, -0.2) is 24.8 Å². The molecule has 1 fully saturated rings. The molecule has 1 heterocycles. The number of ether oxygens (including phenoxy) is 1. The zero-order valence-corrected chi connectivity index (χ0v) is 13.7. The van der Waals surface area contributed by atoms with E-state index in [-0.39, 0.29) is 11.8 Å². The molecule has 2 aromatic carbocycles. The van der Waals surface area contributed by atoms with Gasteiger partial charge in [0.1, 0.15) is 5.60 Å². The van der Waals surface area contributed by atoms with E-state index < -0.39 is 5.60 Å². The van der Waals surface area contributed by atoms with Gasteiger partial charge in [-0.2, -0.15) is 0 Å². The third-order valence-corrected chi connectivity index (χ3v) is 4.53. The van der Waals surface area contributed by atoms with Gasteiger partial charge >= 0.3 is 5.97 Å². The first-order valence-corrected chi connectivity index (χ1v) is 8.21. The Bertz CT molecular complexity index is 716. The Morgan fingerprint density at radius 3 is 2.08 bits per heavy atom. The Balaban J connectivity index is 1.85. The topological polar surface area (TPSA) is 55.4 Å². The molecule has 1 saturated heterocycles. The Morgan fingerprint density at radius 2 is 1.50 bits per heavy atom. The van der Waals surface area contributed by atoms with E-state index in [9.17, 15) is 9.59 Å². The van der Waals surface area contributed by atoms with Gasteiger partial charge in [0.05, 0.1) is 5.56 Å². The van der Waals surface area contributed by atoms with E-state index in [4.69, 9.17) is 4.74 Å². The molecule has 2 aromatic rings. The maximum absolute atomic E-state index is 12.6. The summed E-state index contributed by atoms with van der Waals surface area (Å²) >= 11 is 0. The van der Waals surface area contributed by atoms with Crippen LogP contribution in [0.1, 0.15) is 46.0 Å². The van der Waals surface area contributed by atoms with E-state index >= 15 is 0 Å². The van der Waals surface area contributed by atoms with Gasteiger partial charge in [-0.15, -0.1) is 0 Å². The van der Waals surface area contributed by atoms with Crippen molar-refractivity contribution in [3.8, 4) is 0 Å². The minimum atomic E-state index is -0.594. The summed E-state index contributed by atoms with van der Waals surface area (Å²) in [4.78, 5) is 24.0. The fourth-order valence-electron chi connectivity index (χ4n) is 3.10. The predicted molar refractivity (Wildman–Crippen MR) is 92.1 cm³/mol. The highest BCUT2D eigenvalue weighted by molar-refractivity contribution is 5.96. The van der Waals surface area contributed by atoms with Gasteiger partial charge in [0.2, 0.25) is 0 Å². The van der Waals surface area contributed by atoms with Crippen molar-refractivity contribution in [1.29, 1.82) is 0 Å². The molecule has 124 valence electrons. The maximum Gasteiger partial charge on any atom is 0.339 e. The molecule has 0 amide bonds. The predicted octanol–water partition coefficient (Wildman–Crippen LogP) is 3.32. The van der Waals surface area contributed by atoms with E-state index in [0.29, 0.717) is 11.1 Å². The highest BCUT2D eigenvalue weighted by atomic mass is 16.6. The van der Waals surface area contributed by atoms with Gasteiger partial charge < -0.3 is 10.1 Å². The highest BCUT2D eigenvalue weighted by Crippen LogP contribution is 2.35. The molecule has 0 radical (unpaired) electrons. The first-order valence-electron chi connectivity index (χ1n) is 8.21. The number of carbonyl (C=O) groups excluding carboxylic acids is 2. The molecule has 1 aliphatic heterocycles. The van der Waals surface area contributed by atoms with Crippen molar-refractivity contribution in [3.63, 3.8) is 0 Å². The van der Waals surface area contributed by atoms with E-state index in [0.717, 1.165) is 31.5 Å². The summed E-state index contributed by atoms with van der Waals surface area (Å²) in [5.74, 6) is -0.370. The summed E-state index contributed by atoms with van der Waals surface area (Å²) in [5.41, 5.74) is 1.49. The SMILES string of the molecule is CC(=O)c1ccc(C(=O)OC2(c3ccccc3)CCNCC2)cc1. The number of Topliss-reactive ketones (excluding diaryl/α,β-unsaturated/α-hetero) is 1. The molecular formula is C20H21NO3. The molecule has 0 aromatic heterocycles. The minimum Gasteiger partial charge on any atom is -0.450 e. The Hall–Kier alpha value is -2.46. The minimum absolute atomic E-state index is 0.0194. The van der Waals surface area contributed by atoms with Crippen molar-refractivity contribution in [3.05, 3.63) is 71.3 Å². The van der Waals surface area contributed by atoms with Crippen molar-refractivity contribution in [2.75, 3.05) is 13.1 Å². The van der Waals surface area contributed by atoms with Gasteiger partial charge in [-0.25, -0.2) is 4.79 Å². The fourth-order valence-corrected chi connectivity index (χ4v) is 3.10. The molecule has 24 heavy (non-hydrogen) atoms. The molecular weight excluding hydrogens is 302 g/mol. The number of hydrogen-bond acceptors (Lipinski definition) is 4. The Kier molecular flexibility index (Phi) is 4.76. The molecule has 0 unspecified atom stereocenters. The summed E-state index contributed by atoms with van der Waals surface area (Å²) in [6, 6.07) is 16.5. The van der Waals surface area contributed by atoms with E-state index in [1.807, 2.05) is 30.3 Å². The van der Waals surface area contributed by atoms with Crippen LogP contribution in [-0.2, 0) is 10.3 Å². The van der Waals surface area contributed by atoms with E-state index in [1.54, 1.807) is 24.3 Å². The first kappa shape index (κ1) is 16.4. The van der Waals surface area contributed by atoms with E-state index in [2.05, 4.69) is 5.32 Å². The van der Waals surface area contributed by atoms with Crippen LogP contribution in [0.3, 0.4) is 0 Å². The lowest BCUT2D eigenvalue weighted by molar-refractivity contribution is -0.0378.